The number of aliphatic carboxylic acids is 2. The van der Waals surface area contributed by atoms with Gasteiger partial charge in [-0.2, -0.15) is 13.1 Å². The maximum absolute atomic E-state index is 13.6. The molecule has 1 aliphatic heterocycles. The van der Waals surface area contributed by atoms with Crippen molar-refractivity contribution in [1.29, 1.82) is 0 Å². The Kier molecular flexibility index (Phi) is 30.4. The van der Waals surface area contributed by atoms with Crippen LogP contribution in [0.1, 0.15) is 52.7 Å². The molecule has 1 saturated heterocycles. The van der Waals surface area contributed by atoms with Gasteiger partial charge in [0.25, 0.3) is 16.0 Å². The number of H-pyrrole nitrogens is 1. The maximum Gasteiger partial charge on any atom is 0.323 e. The van der Waals surface area contributed by atoms with E-state index in [1.807, 2.05) is 19.0 Å². The minimum atomic E-state index is -4.66. The van der Waals surface area contributed by atoms with Gasteiger partial charge < -0.3 is 75.1 Å². The summed E-state index contributed by atoms with van der Waals surface area (Å²) in [6.45, 7) is 9.18. The SMILES string of the molecule is Cc1cc(OCCCC(=O)NCCCOCCOCCOCCCNC(=O)C(CS(=O)(=O)O)NC(=O)CN2CCN(C)CCN(C)CCN(CC(=O)O)CC2)cc(C)c1S(=O)(=O)NC(CNC(=O)c1cn(C)c2cc(CNc3ncc[nH]3)ccc2c1=O)C(=O)O. The summed E-state index contributed by atoms with van der Waals surface area (Å²) < 4.78 is 86.7. The molecule has 3 heterocycles. The first-order chi connectivity index (χ1) is 42.8. The number of benzene rings is 2. The molecule has 90 heavy (non-hydrogen) atoms. The van der Waals surface area contributed by atoms with Gasteiger partial charge >= 0.3 is 11.9 Å². The van der Waals surface area contributed by atoms with Crippen molar-refractivity contribution in [2.75, 3.05) is 156 Å². The van der Waals surface area contributed by atoms with E-state index in [1.165, 1.54) is 32.2 Å². The number of aromatic amines is 1. The summed E-state index contributed by atoms with van der Waals surface area (Å²) in [6.07, 6.45) is 6.01. The van der Waals surface area contributed by atoms with Crippen molar-refractivity contribution in [2.45, 2.75) is 63.1 Å². The first-order valence-electron chi connectivity index (χ1n) is 29.5. The summed E-state index contributed by atoms with van der Waals surface area (Å²) >= 11 is 0. The Morgan fingerprint density at radius 2 is 1.30 bits per heavy atom. The standard InChI is InChI=1S/C57H87N13O18S2/c1-40-31-43(32-41(2)53(40)90(83,84)65-46(56(78)79)35-62-54(76)45-36-68(5)48-33-42(10-11-44(48)52(45)75)34-63-57-60-14-15-61-57)88-26-6-9-49(71)58-12-7-24-85-27-29-87-30-28-86-25-8-13-59-55(77)47(39-89(80,81)82)64-50(72)37-69-20-18-66(3)16-17-67(4)19-21-70(23-22-69)38-51(73)74/h10-11,14-15,31-33,36,46-47,65H,6-9,12-13,16-30,34-35,37-39H2,1-5H3,(H,58,71)(H,59,77)(H,62,76)(H,64,72)(H,73,74)(H,78,79)(H2,60,61,63)(H,80,81,82). The van der Waals surface area contributed by atoms with E-state index in [1.54, 1.807) is 47.1 Å². The minimum absolute atomic E-state index is 0.0900. The molecule has 0 radical (unpaired) electrons. The lowest BCUT2D eigenvalue weighted by Gasteiger charge is -2.31. The van der Waals surface area contributed by atoms with E-state index < -0.39 is 79.6 Å². The summed E-state index contributed by atoms with van der Waals surface area (Å²) in [6, 6.07) is 4.70. The number of rotatable bonds is 37. The summed E-state index contributed by atoms with van der Waals surface area (Å²) in [5.41, 5.74) is 1.05. The van der Waals surface area contributed by atoms with Crippen LogP contribution in [-0.4, -0.2) is 265 Å². The largest absolute Gasteiger partial charge is 0.494 e. The molecule has 33 heteroatoms. The molecule has 10 N–H and O–H groups in total. The summed E-state index contributed by atoms with van der Waals surface area (Å²) in [5, 5.41) is 33.0. The lowest BCUT2D eigenvalue weighted by atomic mass is 10.1. The second kappa shape index (κ2) is 37.2. The maximum atomic E-state index is 13.6. The van der Waals surface area contributed by atoms with E-state index >= 15 is 0 Å². The number of aryl methyl sites for hydroxylation is 3. The van der Waals surface area contributed by atoms with E-state index in [0.29, 0.717) is 102 Å². The zero-order chi connectivity index (χ0) is 65.8. The van der Waals surface area contributed by atoms with Crippen molar-refractivity contribution in [3.05, 3.63) is 81.4 Å². The molecular weight excluding hydrogens is 1220 g/mol. The number of carbonyl (C=O) groups excluding carboxylic acids is 4. The summed E-state index contributed by atoms with van der Waals surface area (Å²) in [7, 11) is -3.55. The highest BCUT2D eigenvalue weighted by Crippen LogP contribution is 2.26. The third-order valence-electron chi connectivity index (χ3n) is 14.3. The van der Waals surface area contributed by atoms with Gasteiger partial charge in [-0.05, 0) is 88.2 Å². The average Bonchev–Trinajstić information content (AvgIpc) is 0.944. The molecule has 0 saturated carbocycles. The number of carbonyl (C=O) groups is 6. The Labute approximate surface area is 523 Å². The fraction of sp³-hybridized carbons (Fsp3) is 0.579. The zero-order valence-corrected chi connectivity index (χ0v) is 53.3. The summed E-state index contributed by atoms with van der Waals surface area (Å²) in [4.78, 5) is 104. The molecule has 2 aromatic heterocycles. The van der Waals surface area contributed by atoms with Gasteiger partial charge in [-0.3, -0.25) is 47.9 Å². The van der Waals surface area contributed by atoms with Crippen LogP contribution in [0.25, 0.3) is 10.9 Å². The minimum Gasteiger partial charge on any atom is -0.494 e. The van der Waals surface area contributed by atoms with E-state index in [-0.39, 0.29) is 92.0 Å². The lowest BCUT2D eigenvalue weighted by molar-refractivity contribution is -0.139. The summed E-state index contributed by atoms with van der Waals surface area (Å²) in [5.74, 6) is -5.19. The van der Waals surface area contributed by atoms with Crippen molar-refractivity contribution >= 4 is 72.6 Å². The van der Waals surface area contributed by atoms with Crippen LogP contribution in [0.5, 0.6) is 5.75 Å². The van der Waals surface area contributed by atoms with E-state index in [4.69, 9.17) is 18.9 Å². The number of amides is 4. The molecule has 5 rings (SSSR count). The predicted octanol–water partition coefficient (Wildman–Crippen LogP) is -1.19. The number of nitrogens with zero attached hydrogens (tertiary/aromatic N) is 6. The molecule has 4 aromatic rings. The number of sulfonamides is 1. The van der Waals surface area contributed by atoms with Gasteiger partial charge in [0.15, 0.2) is 5.95 Å². The molecule has 2 atom stereocenters. The zero-order valence-electron chi connectivity index (χ0n) is 51.6. The normalized spacial score (nSPS) is 15.0. The second-order valence-corrected chi connectivity index (χ2v) is 24.9. The fourth-order valence-corrected chi connectivity index (χ4v) is 11.8. The van der Waals surface area contributed by atoms with Crippen molar-refractivity contribution in [3.63, 3.8) is 0 Å². The van der Waals surface area contributed by atoms with E-state index in [0.717, 1.165) is 18.7 Å². The van der Waals surface area contributed by atoms with Gasteiger partial charge in [-0.15, -0.1) is 0 Å². The van der Waals surface area contributed by atoms with Gasteiger partial charge in [0.05, 0.1) is 56.5 Å². The van der Waals surface area contributed by atoms with Crippen LogP contribution in [-0.2, 0) is 71.9 Å². The van der Waals surface area contributed by atoms with Crippen LogP contribution in [0.3, 0.4) is 0 Å². The Bertz CT molecular complexity index is 3280. The van der Waals surface area contributed by atoms with Crippen molar-refractivity contribution in [2.24, 2.45) is 7.05 Å². The number of carboxylic acids is 2. The van der Waals surface area contributed by atoms with Gasteiger partial charge in [-0.25, -0.2) is 13.4 Å². The molecule has 0 bridgehead atoms. The molecule has 0 spiro atoms. The highest BCUT2D eigenvalue weighted by atomic mass is 32.2. The fourth-order valence-electron chi connectivity index (χ4n) is 9.48. The average molecular weight is 1310 g/mol. The molecule has 500 valence electrons. The topological polar surface area (TPSA) is 404 Å². The van der Waals surface area contributed by atoms with Gasteiger partial charge in [0.2, 0.25) is 33.2 Å². The van der Waals surface area contributed by atoms with Gasteiger partial charge in [-0.1, -0.05) is 6.07 Å². The second-order valence-electron chi connectivity index (χ2n) is 21.8. The van der Waals surface area contributed by atoms with E-state index in [9.17, 15) is 65.2 Å². The van der Waals surface area contributed by atoms with Crippen LogP contribution in [0.2, 0.25) is 0 Å². The number of hydrogen-bond donors (Lipinski definition) is 10. The van der Waals surface area contributed by atoms with Gasteiger partial charge in [0.1, 0.15) is 29.1 Å². The molecule has 31 nitrogen and oxygen atoms in total. The number of ether oxygens (including phenoxy) is 4. The number of nitrogens with one attached hydrogen (secondary N) is 7. The predicted molar refractivity (Wildman–Crippen MR) is 331 cm³/mol. The number of pyridine rings is 1. The molecule has 0 aliphatic carbocycles. The quantitative estimate of drug-likeness (QED) is 0.0187. The Morgan fingerprint density at radius 1 is 0.711 bits per heavy atom. The Hall–Kier alpha value is -7.18. The first kappa shape index (κ1) is 73.6. The van der Waals surface area contributed by atoms with Crippen LogP contribution in [0, 0.1) is 13.8 Å². The van der Waals surface area contributed by atoms with E-state index in [2.05, 4.69) is 51.1 Å². The highest BCUT2D eigenvalue weighted by Gasteiger charge is 2.30. The van der Waals surface area contributed by atoms with Crippen LogP contribution < -0.4 is 41.5 Å². The van der Waals surface area contributed by atoms with Crippen molar-refractivity contribution in [1.82, 2.24) is 60.1 Å². The smallest absolute Gasteiger partial charge is 0.323 e. The first-order valence-corrected chi connectivity index (χ1v) is 32.6. The molecule has 1 fully saturated rings. The number of fused-ring (bicyclic) bond motifs is 1. The number of hydrogen-bond acceptors (Lipinski definition) is 21. The third-order valence-corrected chi connectivity index (χ3v) is 16.8. The number of anilines is 1. The molecule has 4 amide bonds. The van der Waals surface area contributed by atoms with Crippen LogP contribution in [0.4, 0.5) is 5.95 Å². The van der Waals surface area contributed by atoms with Crippen molar-refractivity contribution < 1.29 is 79.3 Å². The Morgan fingerprint density at radius 3 is 1.89 bits per heavy atom. The monoisotopic (exact) mass is 1310 g/mol. The lowest BCUT2D eigenvalue weighted by Crippen LogP contribution is -2.53. The highest BCUT2D eigenvalue weighted by molar-refractivity contribution is 7.89. The van der Waals surface area contributed by atoms with Crippen LogP contribution >= 0.6 is 0 Å². The number of imidazole rings is 1. The molecular formula is C57H87N13O18S2. The van der Waals surface area contributed by atoms with Crippen molar-refractivity contribution in [3.8, 4) is 5.75 Å². The molecule has 2 unspecified atom stereocenters. The number of carboxylic acid groups (broad SMARTS) is 2. The van der Waals surface area contributed by atoms with Crippen LogP contribution in [0.15, 0.2) is 58.6 Å². The third kappa shape index (κ3) is 26.3. The molecule has 2 aromatic carbocycles. The Balaban J connectivity index is 0.901. The number of likely N-dealkylation sites (N-methyl/N-ethyl adjacent to an activating group) is 2. The van der Waals surface area contributed by atoms with Gasteiger partial charge in [0, 0.05) is 129 Å². The molecule has 1 aliphatic rings. The number of aromatic nitrogens is 3.